The van der Waals surface area contributed by atoms with Gasteiger partial charge in [-0.15, -0.1) is 0 Å². The number of rotatable bonds is 5. The maximum absolute atomic E-state index is 12.0. The van der Waals surface area contributed by atoms with Crippen LogP contribution in [0.5, 0.6) is 0 Å². The van der Waals surface area contributed by atoms with Gasteiger partial charge in [0.25, 0.3) is 0 Å². The fourth-order valence-electron chi connectivity index (χ4n) is 4.87. The van der Waals surface area contributed by atoms with Crippen LogP contribution in [0, 0.1) is 13.8 Å². The highest BCUT2D eigenvalue weighted by atomic mass is 16.6. The van der Waals surface area contributed by atoms with Gasteiger partial charge in [0.2, 0.25) is 0 Å². The molecule has 2 fully saturated rings. The van der Waals surface area contributed by atoms with Crippen molar-refractivity contribution < 1.29 is 9.53 Å². The topological polar surface area (TPSA) is 64.7 Å². The smallest absolute Gasteiger partial charge is 0.409 e. The quantitative estimate of drug-likeness (QED) is 0.795. The van der Waals surface area contributed by atoms with Crippen LogP contribution in [-0.2, 0) is 11.3 Å². The van der Waals surface area contributed by atoms with Crippen LogP contribution in [0.4, 0.5) is 4.79 Å². The van der Waals surface area contributed by atoms with Crippen LogP contribution < -0.4 is 0 Å². The first-order valence-electron chi connectivity index (χ1n) is 11.5. The van der Waals surface area contributed by atoms with E-state index < -0.39 is 0 Å². The number of hydrogen-bond donors (Lipinski definition) is 1. The molecule has 0 bridgehead atoms. The largest absolute Gasteiger partial charge is 0.450 e. The molecule has 0 saturated carbocycles. The molecule has 0 aliphatic carbocycles. The van der Waals surface area contributed by atoms with Gasteiger partial charge in [0.1, 0.15) is 0 Å². The number of benzene rings is 1. The molecule has 7 heteroatoms. The highest BCUT2D eigenvalue weighted by Gasteiger charge is 2.30. The molecule has 2 aliphatic rings. The van der Waals surface area contributed by atoms with E-state index in [1.807, 2.05) is 18.0 Å². The summed E-state index contributed by atoms with van der Waals surface area (Å²) >= 11 is 0. The first-order valence-corrected chi connectivity index (χ1v) is 11.5. The first-order chi connectivity index (χ1) is 15.0. The lowest BCUT2D eigenvalue weighted by molar-refractivity contribution is 0.0413. The summed E-state index contributed by atoms with van der Waals surface area (Å²) in [6.45, 7) is 13.1. The second-order valence-corrected chi connectivity index (χ2v) is 8.84. The maximum atomic E-state index is 12.0. The van der Waals surface area contributed by atoms with Gasteiger partial charge in [-0.2, -0.15) is 5.10 Å². The molecule has 1 aromatic carbocycles. The van der Waals surface area contributed by atoms with Gasteiger partial charge < -0.3 is 9.64 Å². The molecule has 0 unspecified atom stereocenters. The number of aryl methyl sites for hydroxylation is 2. The van der Waals surface area contributed by atoms with Crippen molar-refractivity contribution in [2.45, 2.75) is 46.2 Å². The summed E-state index contributed by atoms with van der Waals surface area (Å²) in [5.41, 5.74) is 6.19. The Kier molecular flexibility index (Phi) is 6.92. The number of likely N-dealkylation sites (tertiary alicyclic amines) is 1. The number of hydrogen-bond acceptors (Lipinski definition) is 5. The molecule has 168 valence electrons. The third-order valence-electron chi connectivity index (χ3n) is 6.61. The zero-order valence-corrected chi connectivity index (χ0v) is 19.1. The van der Waals surface area contributed by atoms with Gasteiger partial charge in [0.05, 0.1) is 18.5 Å². The number of aromatic amines is 1. The van der Waals surface area contributed by atoms with Crippen molar-refractivity contribution in [3.05, 3.63) is 41.1 Å². The van der Waals surface area contributed by atoms with Gasteiger partial charge in [-0.1, -0.05) is 17.7 Å². The molecule has 2 aromatic rings. The van der Waals surface area contributed by atoms with E-state index in [0.29, 0.717) is 12.6 Å². The third-order valence-corrected chi connectivity index (χ3v) is 6.61. The predicted molar refractivity (Wildman–Crippen MR) is 122 cm³/mol. The van der Waals surface area contributed by atoms with Gasteiger partial charge >= 0.3 is 6.09 Å². The minimum Gasteiger partial charge on any atom is -0.450 e. The van der Waals surface area contributed by atoms with Crippen molar-refractivity contribution in [3.8, 4) is 11.3 Å². The molecule has 1 N–H and O–H groups in total. The number of nitrogens with zero attached hydrogens (tertiary/aromatic N) is 4. The lowest BCUT2D eigenvalue weighted by Gasteiger charge is -2.43. The standard InChI is InChI=1S/C24H35N5O2/c1-4-31-24(30)29-12-10-28(11-13-29)21-6-5-9-27(17-21)16-20-15-25-26-23(20)22-14-18(2)7-8-19(22)3/h7-8,14-15,21H,4-6,9-13,16-17H2,1-3H3,(H,25,26)/t21-/m0/s1. The molecule has 0 spiro atoms. The Hall–Kier alpha value is -2.38. The van der Waals surface area contributed by atoms with Crippen LogP contribution in [0.2, 0.25) is 0 Å². The van der Waals surface area contributed by atoms with E-state index >= 15 is 0 Å². The SMILES string of the molecule is CCOC(=O)N1CCN([C@H]2CCCN(Cc3cn[nH]c3-c3cc(C)ccc3C)C2)CC1. The highest BCUT2D eigenvalue weighted by Crippen LogP contribution is 2.28. The molecule has 1 aromatic heterocycles. The molecular formula is C24H35N5O2. The number of carbonyl (C=O) groups is 1. The molecule has 2 aliphatic heterocycles. The van der Waals surface area contributed by atoms with E-state index in [4.69, 9.17) is 4.74 Å². The van der Waals surface area contributed by atoms with Gasteiger partial charge in [-0.25, -0.2) is 4.79 Å². The Morgan fingerprint density at radius 3 is 2.77 bits per heavy atom. The van der Waals surface area contributed by atoms with Crippen LogP contribution in [0.1, 0.15) is 36.5 Å². The van der Waals surface area contributed by atoms with Crippen LogP contribution in [-0.4, -0.2) is 82.9 Å². The van der Waals surface area contributed by atoms with E-state index in [1.54, 1.807) is 0 Å². The minimum atomic E-state index is -0.175. The summed E-state index contributed by atoms with van der Waals surface area (Å²) in [6, 6.07) is 7.14. The molecule has 4 rings (SSSR count). The van der Waals surface area contributed by atoms with Gasteiger partial charge in [-0.3, -0.25) is 14.9 Å². The number of H-pyrrole nitrogens is 1. The molecule has 31 heavy (non-hydrogen) atoms. The van der Waals surface area contributed by atoms with Gasteiger partial charge in [0, 0.05) is 56.4 Å². The molecular weight excluding hydrogens is 390 g/mol. The zero-order chi connectivity index (χ0) is 21.8. The summed E-state index contributed by atoms with van der Waals surface area (Å²) in [7, 11) is 0. The number of piperidine rings is 1. The summed E-state index contributed by atoms with van der Waals surface area (Å²) in [5.74, 6) is 0. The normalized spacial score (nSPS) is 20.7. The van der Waals surface area contributed by atoms with Crippen LogP contribution in [0.3, 0.4) is 0 Å². The number of ether oxygens (including phenoxy) is 1. The fraction of sp³-hybridized carbons (Fsp3) is 0.583. The second kappa shape index (κ2) is 9.83. The average Bonchev–Trinajstić information content (AvgIpc) is 3.23. The molecule has 7 nitrogen and oxygen atoms in total. The summed E-state index contributed by atoms with van der Waals surface area (Å²) in [4.78, 5) is 18.9. The Balaban J connectivity index is 1.37. The minimum absolute atomic E-state index is 0.175. The Bertz CT molecular complexity index is 888. The van der Waals surface area contributed by atoms with Crippen molar-refractivity contribution in [2.24, 2.45) is 0 Å². The molecule has 3 heterocycles. The Morgan fingerprint density at radius 2 is 2.00 bits per heavy atom. The van der Waals surface area contributed by atoms with Crippen molar-refractivity contribution in [2.75, 3.05) is 45.9 Å². The van der Waals surface area contributed by atoms with Crippen molar-refractivity contribution >= 4 is 6.09 Å². The number of piperazine rings is 1. The average molecular weight is 426 g/mol. The Morgan fingerprint density at radius 1 is 1.19 bits per heavy atom. The molecule has 2 saturated heterocycles. The fourth-order valence-corrected chi connectivity index (χ4v) is 4.87. The summed E-state index contributed by atoms with van der Waals surface area (Å²) in [5, 5.41) is 7.62. The highest BCUT2D eigenvalue weighted by molar-refractivity contribution is 5.68. The van der Waals surface area contributed by atoms with E-state index in [0.717, 1.165) is 51.5 Å². The molecule has 1 atom stereocenters. The Labute approximate surface area is 185 Å². The van der Waals surface area contributed by atoms with Crippen molar-refractivity contribution in [1.82, 2.24) is 24.9 Å². The molecule has 1 amide bonds. The van der Waals surface area contributed by atoms with E-state index in [9.17, 15) is 4.79 Å². The third kappa shape index (κ3) is 5.10. The molecule has 0 radical (unpaired) electrons. The van der Waals surface area contributed by atoms with Crippen molar-refractivity contribution in [1.29, 1.82) is 0 Å². The summed E-state index contributed by atoms with van der Waals surface area (Å²) < 4.78 is 5.15. The second-order valence-electron chi connectivity index (χ2n) is 8.84. The van der Waals surface area contributed by atoms with E-state index in [1.165, 1.54) is 35.1 Å². The number of nitrogens with one attached hydrogen (secondary N) is 1. The van der Waals surface area contributed by atoms with Gasteiger partial charge in [0.15, 0.2) is 0 Å². The van der Waals surface area contributed by atoms with E-state index in [-0.39, 0.29) is 6.09 Å². The maximum Gasteiger partial charge on any atom is 0.409 e. The van der Waals surface area contributed by atoms with Crippen molar-refractivity contribution in [3.63, 3.8) is 0 Å². The summed E-state index contributed by atoms with van der Waals surface area (Å²) in [6.07, 6.45) is 4.25. The zero-order valence-electron chi connectivity index (χ0n) is 19.1. The lowest BCUT2D eigenvalue weighted by Crippen LogP contribution is -2.55. The van der Waals surface area contributed by atoms with Gasteiger partial charge in [-0.05, 0) is 51.8 Å². The van der Waals surface area contributed by atoms with Crippen LogP contribution in [0.25, 0.3) is 11.3 Å². The first kappa shape index (κ1) is 21.8. The van der Waals surface area contributed by atoms with Crippen LogP contribution >= 0.6 is 0 Å². The number of amides is 1. The monoisotopic (exact) mass is 425 g/mol. The predicted octanol–water partition coefficient (Wildman–Crippen LogP) is 3.43. The lowest BCUT2D eigenvalue weighted by atomic mass is 9.99. The number of aromatic nitrogens is 2. The van der Waals surface area contributed by atoms with E-state index in [2.05, 4.69) is 52.0 Å². The number of carbonyl (C=O) groups excluding carboxylic acids is 1. The van der Waals surface area contributed by atoms with Crippen LogP contribution in [0.15, 0.2) is 24.4 Å².